The average molecular weight is 204 g/mol. The Morgan fingerprint density at radius 2 is 2.15 bits per heavy atom. The molecule has 0 saturated heterocycles. The number of thioether (sulfide) groups is 1. The summed E-state index contributed by atoms with van der Waals surface area (Å²) < 4.78 is 0. The lowest BCUT2D eigenvalue weighted by atomic mass is 10.2. The smallest absolute Gasteiger partial charge is 0.221 e. The molecule has 13 heavy (non-hydrogen) atoms. The first kappa shape index (κ1) is 12.4. The number of hydrogen-bond acceptors (Lipinski definition) is 4. The van der Waals surface area contributed by atoms with Gasteiger partial charge in [0, 0.05) is 31.7 Å². The molecule has 0 fully saturated rings. The highest BCUT2D eigenvalue weighted by Gasteiger charge is 2.03. The number of carbonyl (C=O) groups excluding carboxylic acids is 2. The monoisotopic (exact) mass is 204 g/mol. The molecule has 1 amide bonds. The molecule has 0 spiro atoms. The van der Waals surface area contributed by atoms with Crippen LogP contribution in [0.3, 0.4) is 0 Å². The van der Waals surface area contributed by atoms with Crippen molar-refractivity contribution in [3.05, 3.63) is 0 Å². The molecule has 1 unspecified atom stereocenters. The Morgan fingerprint density at radius 1 is 1.54 bits per heavy atom. The molecule has 5 heteroatoms. The second kappa shape index (κ2) is 6.91. The Balaban J connectivity index is 3.32. The molecule has 0 rings (SSSR count). The summed E-state index contributed by atoms with van der Waals surface area (Å²) >= 11 is 1.21. The zero-order chi connectivity index (χ0) is 10.3. The molecule has 0 aliphatic carbocycles. The normalized spacial score (nSPS) is 12.2. The van der Waals surface area contributed by atoms with E-state index in [1.54, 1.807) is 6.92 Å². The van der Waals surface area contributed by atoms with Crippen molar-refractivity contribution in [2.75, 3.05) is 12.3 Å². The molecule has 0 aliphatic heterocycles. The molecule has 1 atom stereocenters. The van der Waals surface area contributed by atoms with Crippen LogP contribution in [0.5, 0.6) is 0 Å². The van der Waals surface area contributed by atoms with Crippen LogP contribution >= 0.6 is 11.8 Å². The summed E-state index contributed by atoms with van der Waals surface area (Å²) in [5.74, 6) is 0.569. The minimum Gasteiger partial charge on any atom is -0.355 e. The van der Waals surface area contributed by atoms with Crippen molar-refractivity contribution in [1.29, 1.82) is 0 Å². The van der Waals surface area contributed by atoms with E-state index in [0.29, 0.717) is 18.7 Å². The van der Waals surface area contributed by atoms with Gasteiger partial charge in [-0.2, -0.15) is 0 Å². The molecule has 3 N–H and O–H groups in total. The second-order valence-corrected chi connectivity index (χ2v) is 4.14. The van der Waals surface area contributed by atoms with Gasteiger partial charge in [0.25, 0.3) is 0 Å². The van der Waals surface area contributed by atoms with Crippen LogP contribution in [0.15, 0.2) is 0 Å². The van der Waals surface area contributed by atoms with Crippen LogP contribution in [0.4, 0.5) is 0 Å². The topological polar surface area (TPSA) is 72.2 Å². The number of hydrogen-bond donors (Lipinski definition) is 2. The van der Waals surface area contributed by atoms with Gasteiger partial charge in [-0.25, -0.2) is 0 Å². The standard InChI is InChI=1S/C8H16N2O2S/c1-6(9)5-8(12)10-3-4-13-7(2)11/h6H,3-5,9H2,1-2H3,(H,10,12). The van der Waals surface area contributed by atoms with Crippen LogP contribution in [0, 0.1) is 0 Å². The molecule has 0 aromatic rings. The molecule has 0 aliphatic rings. The fraction of sp³-hybridized carbons (Fsp3) is 0.750. The lowest BCUT2D eigenvalue weighted by Gasteiger charge is -2.05. The largest absolute Gasteiger partial charge is 0.355 e. The van der Waals surface area contributed by atoms with Gasteiger partial charge in [0.15, 0.2) is 5.12 Å². The van der Waals surface area contributed by atoms with Crippen molar-refractivity contribution in [2.45, 2.75) is 26.3 Å². The van der Waals surface area contributed by atoms with E-state index in [9.17, 15) is 9.59 Å². The van der Waals surface area contributed by atoms with E-state index >= 15 is 0 Å². The maximum Gasteiger partial charge on any atom is 0.221 e. The first-order valence-electron chi connectivity index (χ1n) is 4.18. The third kappa shape index (κ3) is 9.36. The van der Waals surface area contributed by atoms with Gasteiger partial charge in [0.1, 0.15) is 0 Å². The minimum absolute atomic E-state index is 0.0563. The van der Waals surface area contributed by atoms with E-state index < -0.39 is 0 Å². The van der Waals surface area contributed by atoms with Crippen LogP contribution < -0.4 is 11.1 Å². The van der Waals surface area contributed by atoms with Crippen LogP contribution in [0.25, 0.3) is 0 Å². The van der Waals surface area contributed by atoms with Crippen LogP contribution in [0.2, 0.25) is 0 Å². The van der Waals surface area contributed by atoms with Crippen molar-refractivity contribution in [3.8, 4) is 0 Å². The molecule has 0 aromatic carbocycles. The highest BCUT2D eigenvalue weighted by molar-refractivity contribution is 8.13. The summed E-state index contributed by atoms with van der Waals surface area (Å²) in [5.41, 5.74) is 5.43. The molecule has 0 heterocycles. The third-order valence-electron chi connectivity index (χ3n) is 1.24. The van der Waals surface area contributed by atoms with Gasteiger partial charge < -0.3 is 11.1 Å². The van der Waals surface area contributed by atoms with Crippen molar-refractivity contribution in [2.24, 2.45) is 5.73 Å². The van der Waals surface area contributed by atoms with Gasteiger partial charge >= 0.3 is 0 Å². The molecule has 0 aromatic heterocycles. The zero-order valence-electron chi connectivity index (χ0n) is 8.00. The summed E-state index contributed by atoms with van der Waals surface area (Å²) in [4.78, 5) is 21.5. The number of amides is 1. The van der Waals surface area contributed by atoms with E-state index in [2.05, 4.69) is 5.32 Å². The van der Waals surface area contributed by atoms with Gasteiger partial charge in [-0.15, -0.1) is 0 Å². The molecule has 0 saturated carbocycles. The average Bonchev–Trinajstić information content (AvgIpc) is 1.96. The molecule has 4 nitrogen and oxygen atoms in total. The number of carbonyl (C=O) groups is 2. The maximum absolute atomic E-state index is 11.0. The first-order valence-corrected chi connectivity index (χ1v) is 5.16. The van der Waals surface area contributed by atoms with Gasteiger partial charge in [0.2, 0.25) is 5.91 Å². The van der Waals surface area contributed by atoms with Gasteiger partial charge in [-0.1, -0.05) is 11.8 Å². The fourth-order valence-corrected chi connectivity index (χ4v) is 1.24. The zero-order valence-corrected chi connectivity index (χ0v) is 8.82. The van der Waals surface area contributed by atoms with Crippen molar-refractivity contribution in [3.63, 3.8) is 0 Å². The Morgan fingerprint density at radius 3 is 2.62 bits per heavy atom. The molecular formula is C8H16N2O2S. The minimum atomic E-state index is -0.111. The van der Waals surface area contributed by atoms with E-state index in [0.717, 1.165) is 0 Å². The third-order valence-corrected chi connectivity index (χ3v) is 2.05. The lowest BCUT2D eigenvalue weighted by molar-refractivity contribution is -0.121. The first-order chi connectivity index (χ1) is 6.02. The van der Waals surface area contributed by atoms with Crippen molar-refractivity contribution in [1.82, 2.24) is 5.32 Å². The lowest BCUT2D eigenvalue weighted by Crippen LogP contribution is -2.31. The summed E-state index contributed by atoms with van der Waals surface area (Å²) in [6.45, 7) is 3.81. The summed E-state index contributed by atoms with van der Waals surface area (Å²) in [5, 5.41) is 2.75. The SMILES string of the molecule is CC(=O)SCCNC(=O)CC(C)N. The molecular weight excluding hydrogens is 188 g/mol. The Labute approximate surface area is 82.6 Å². The van der Waals surface area contributed by atoms with E-state index in [1.165, 1.54) is 18.7 Å². The quantitative estimate of drug-likeness (QED) is 0.624. The van der Waals surface area contributed by atoms with Crippen LogP contribution in [-0.4, -0.2) is 29.4 Å². The maximum atomic E-state index is 11.0. The fourth-order valence-electron chi connectivity index (χ4n) is 0.750. The van der Waals surface area contributed by atoms with Crippen molar-refractivity contribution < 1.29 is 9.59 Å². The predicted molar refractivity (Wildman–Crippen MR) is 54.4 cm³/mol. The van der Waals surface area contributed by atoms with Crippen LogP contribution in [0.1, 0.15) is 20.3 Å². The second-order valence-electron chi connectivity index (χ2n) is 2.87. The summed E-state index contributed by atoms with van der Waals surface area (Å²) in [6.07, 6.45) is 0.338. The van der Waals surface area contributed by atoms with E-state index in [-0.39, 0.29) is 17.1 Å². The number of nitrogens with two attached hydrogens (primary N) is 1. The predicted octanol–water partition coefficient (Wildman–Crippen LogP) is 0.120. The highest BCUT2D eigenvalue weighted by atomic mass is 32.2. The molecule has 0 bridgehead atoms. The van der Waals surface area contributed by atoms with Gasteiger partial charge in [-0.3, -0.25) is 9.59 Å². The number of nitrogens with one attached hydrogen (secondary N) is 1. The van der Waals surface area contributed by atoms with E-state index in [4.69, 9.17) is 5.73 Å². The molecule has 0 radical (unpaired) electrons. The Hall–Kier alpha value is -0.550. The Kier molecular flexibility index (Phi) is 6.62. The van der Waals surface area contributed by atoms with Gasteiger partial charge in [0.05, 0.1) is 0 Å². The summed E-state index contributed by atoms with van der Waals surface area (Å²) in [6, 6.07) is -0.111. The van der Waals surface area contributed by atoms with Crippen molar-refractivity contribution >= 4 is 22.8 Å². The number of rotatable bonds is 5. The van der Waals surface area contributed by atoms with Gasteiger partial charge in [-0.05, 0) is 6.92 Å². The van der Waals surface area contributed by atoms with Crippen LogP contribution in [-0.2, 0) is 9.59 Å². The Bertz CT molecular complexity index is 183. The molecule has 76 valence electrons. The summed E-state index contributed by atoms with van der Waals surface area (Å²) in [7, 11) is 0. The van der Waals surface area contributed by atoms with E-state index in [1.807, 2.05) is 0 Å². The highest BCUT2D eigenvalue weighted by Crippen LogP contribution is 1.98.